The minimum absolute atomic E-state index is 0.755. The van der Waals surface area contributed by atoms with Crippen LogP contribution in [0.1, 0.15) is 17.2 Å². The molecule has 0 aromatic carbocycles. The van der Waals surface area contributed by atoms with E-state index in [9.17, 15) is 0 Å². The zero-order valence-corrected chi connectivity index (χ0v) is 8.80. The van der Waals surface area contributed by atoms with Crippen LogP contribution in [0.15, 0.2) is 27.4 Å². The summed E-state index contributed by atoms with van der Waals surface area (Å²) in [5.74, 6) is 1.92. The van der Waals surface area contributed by atoms with Crippen molar-refractivity contribution in [2.45, 2.75) is 20.0 Å². The van der Waals surface area contributed by atoms with E-state index in [1.807, 2.05) is 29.9 Å². The Morgan fingerprint density at radius 3 is 3.00 bits per heavy atom. The van der Waals surface area contributed by atoms with E-state index in [0.29, 0.717) is 0 Å². The summed E-state index contributed by atoms with van der Waals surface area (Å²) in [6, 6.07) is 3.96. The predicted molar refractivity (Wildman–Crippen MR) is 56.1 cm³/mol. The van der Waals surface area contributed by atoms with Gasteiger partial charge in [0.1, 0.15) is 11.5 Å². The van der Waals surface area contributed by atoms with Gasteiger partial charge in [0.25, 0.3) is 0 Å². The van der Waals surface area contributed by atoms with Gasteiger partial charge in [-0.25, -0.2) is 4.98 Å². The number of nitrogens with one attached hydrogen (secondary N) is 1. The number of furan rings is 1. The van der Waals surface area contributed by atoms with Crippen LogP contribution in [0.4, 0.5) is 0 Å². The second-order valence-electron chi connectivity index (χ2n) is 3.10. The first-order valence-electron chi connectivity index (χ1n) is 4.48. The lowest BCUT2D eigenvalue weighted by atomic mass is 10.4. The zero-order valence-electron chi connectivity index (χ0n) is 7.99. The third kappa shape index (κ3) is 2.43. The van der Waals surface area contributed by atoms with Gasteiger partial charge >= 0.3 is 0 Å². The second-order valence-corrected chi connectivity index (χ2v) is 3.81. The molecule has 0 spiro atoms. The van der Waals surface area contributed by atoms with Gasteiger partial charge in [-0.15, -0.1) is 11.3 Å². The summed E-state index contributed by atoms with van der Waals surface area (Å²) in [6.07, 6.45) is 0. The van der Waals surface area contributed by atoms with Crippen LogP contribution >= 0.6 is 11.3 Å². The summed E-state index contributed by atoms with van der Waals surface area (Å²) in [5.41, 5.74) is 2.92. The Balaban J connectivity index is 1.78. The highest BCUT2D eigenvalue weighted by Crippen LogP contribution is 2.06. The monoisotopic (exact) mass is 208 g/mol. The van der Waals surface area contributed by atoms with Gasteiger partial charge in [-0.05, 0) is 19.1 Å². The molecule has 0 unspecified atom stereocenters. The van der Waals surface area contributed by atoms with Crippen molar-refractivity contribution in [1.82, 2.24) is 10.3 Å². The summed E-state index contributed by atoms with van der Waals surface area (Å²) in [4.78, 5) is 4.18. The van der Waals surface area contributed by atoms with E-state index >= 15 is 0 Å². The zero-order chi connectivity index (χ0) is 9.80. The molecule has 0 aliphatic heterocycles. The van der Waals surface area contributed by atoms with Crippen molar-refractivity contribution in [1.29, 1.82) is 0 Å². The Morgan fingerprint density at radius 1 is 1.43 bits per heavy atom. The minimum atomic E-state index is 0.755. The quantitative estimate of drug-likeness (QED) is 0.838. The first kappa shape index (κ1) is 9.43. The van der Waals surface area contributed by atoms with E-state index in [0.717, 1.165) is 30.3 Å². The Kier molecular flexibility index (Phi) is 2.96. The number of thiazole rings is 1. The Morgan fingerprint density at radius 2 is 2.36 bits per heavy atom. The van der Waals surface area contributed by atoms with Crippen molar-refractivity contribution in [3.05, 3.63) is 40.2 Å². The van der Waals surface area contributed by atoms with Crippen molar-refractivity contribution in [2.75, 3.05) is 0 Å². The van der Waals surface area contributed by atoms with Gasteiger partial charge in [-0.3, -0.25) is 0 Å². The second kappa shape index (κ2) is 4.39. The lowest BCUT2D eigenvalue weighted by Gasteiger charge is -1.98. The maximum atomic E-state index is 5.42. The van der Waals surface area contributed by atoms with Gasteiger partial charge < -0.3 is 9.73 Å². The molecular formula is C10H12N2OS. The Labute approximate surface area is 86.8 Å². The maximum Gasteiger partial charge on any atom is 0.117 e. The fourth-order valence-electron chi connectivity index (χ4n) is 1.22. The minimum Gasteiger partial charge on any atom is -0.465 e. The summed E-state index contributed by atoms with van der Waals surface area (Å²) < 4.78 is 5.42. The van der Waals surface area contributed by atoms with Crippen molar-refractivity contribution in [2.24, 2.45) is 0 Å². The van der Waals surface area contributed by atoms with E-state index in [4.69, 9.17) is 4.42 Å². The first-order valence-corrected chi connectivity index (χ1v) is 5.42. The van der Waals surface area contributed by atoms with Crippen LogP contribution < -0.4 is 5.32 Å². The lowest BCUT2D eigenvalue weighted by molar-refractivity contribution is 0.461. The lowest BCUT2D eigenvalue weighted by Crippen LogP contribution is -2.12. The maximum absolute atomic E-state index is 5.42. The SMILES string of the molecule is Cc1ccc(CNCc2cscn2)o1. The highest BCUT2D eigenvalue weighted by Gasteiger charge is 1.98. The van der Waals surface area contributed by atoms with Crippen molar-refractivity contribution >= 4 is 11.3 Å². The van der Waals surface area contributed by atoms with Crippen LogP contribution in [0.5, 0.6) is 0 Å². The number of nitrogens with zero attached hydrogens (tertiary/aromatic N) is 1. The molecule has 0 fully saturated rings. The van der Waals surface area contributed by atoms with Gasteiger partial charge in [0.2, 0.25) is 0 Å². The van der Waals surface area contributed by atoms with Crippen molar-refractivity contribution in [3.8, 4) is 0 Å². The molecule has 2 heterocycles. The number of aryl methyl sites for hydroxylation is 1. The van der Waals surface area contributed by atoms with Gasteiger partial charge in [0, 0.05) is 11.9 Å². The normalized spacial score (nSPS) is 10.6. The van der Waals surface area contributed by atoms with E-state index in [1.165, 1.54) is 0 Å². The molecule has 2 aromatic rings. The average molecular weight is 208 g/mol. The molecule has 0 bridgehead atoms. The molecule has 0 saturated carbocycles. The average Bonchev–Trinajstić information content (AvgIpc) is 2.77. The largest absolute Gasteiger partial charge is 0.465 e. The third-order valence-electron chi connectivity index (χ3n) is 1.88. The molecule has 3 nitrogen and oxygen atoms in total. The van der Waals surface area contributed by atoms with E-state index in [2.05, 4.69) is 10.3 Å². The Bertz CT molecular complexity index is 380. The van der Waals surface area contributed by atoms with Crippen molar-refractivity contribution in [3.63, 3.8) is 0 Å². The van der Waals surface area contributed by atoms with Crippen molar-refractivity contribution < 1.29 is 4.42 Å². The molecule has 1 N–H and O–H groups in total. The fourth-order valence-corrected chi connectivity index (χ4v) is 1.78. The van der Waals surface area contributed by atoms with E-state index < -0.39 is 0 Å². The molecule has 74 valence electrons. The smallest absolute Gasteiger partial charge is 0.117 e. The highest BCUT2D eigenvalue weighted by molar-refractivity contribution is 7.07. The van der Waals surface area contributed by atoms with Gasteiger partial charge in [0.15, 0.2) is 0 Å². The molecule has 0 aliphatic rings. The summed E-state index contributed by atoms with van der Waals surface area (Å²) in [5, 5.41) is 5.31. The fraction of sp³-hybridized carbons (Fsp3) is 0.300. The number of hydrogen-bond donors (Lipinski definition) is 1. The Hall–Kier alpha value is -1.13. The standard InChI is InChI=1S/C10H12N2OS/c1-8-2-3-10(13-8)5-11-4-9-6-14-7-12-9/h2-3,6-7,11H,4-5H2,1H3. The third-order valence-corrected chi connectivity index (χ3v) is 2.52. The van der Waals surface area contributed by atoms with Gasteiger partial charge in [-0.2, -0.15) is 0 Å². The molecule has 0 amide bonds. The van der Waals surface area contributed by atoms with Gasteiger partial charge in [0.05, 0.1) is 17.7 Å². The molecule has 0 aliphatic carbocycles. The van der Waals surface area contributed by atoms with Crippen LogP contribution in [-0.2, 0) is 13.1 Å². The van der Waals surface area contributed by atoms with Crippen LogP contribution in [-0.4, -0.2) is 4.98 Å². The van der Waals surface area contributed by atoms with Crippen LogP contribution in [0.25, 0.3) is 0 Å². The topological polar surface area (TPSA) is 38.1 Å². The number of rotatable bonds is 4. The summed E-state index contributed by atoms with van der Waals surface area (Å²) >= 11 is 1.62. The van der Waals surface area contributed by atoms with E-state index in [1.54, 1.807) is 11.3 Å². The molecule has 0 saturated heterocycles. The first-order chi connectivity index (χ1) is 6.84. The molecule has 2 aromatic heterocycles. The molecular weight excluding hydrogens is 196 g/mol. The molecule has 0 radical (unpaired) electrons. The molecule has 2 rings (SSSR count). The van der Waals surface area contributed by atoms with Gasteiger partial charge in [-0.1, -0.05) is 0 Å². The summed E-state index contributed by atoms with van der Waals surface area (Å²) in [6.45, 7) is 3.50. The summed E-state index contributed by atoms with van der Waals surface area (Å²) in [7, 11) is 0. The predicted octanol–water partition coefficient (Wildman–Crippen LogP) is 2.33. The number of aromatic nitrogens is 1. The molecule has 4 heteroatoms. The molecule has 14 heavy (non-hydrogen) atoms. The van der Waals surface area contributed by atoms with E-state index in [-0.39, 0.29) is 0 Å². The molecule has 0 atom stereocenters. The number of hydrogen-bond acceptors (Lipinski definition) is 4. The van der Waals surface area contributed by atoms with Crippen LogP contribution in [0, 0.1) is 6.92 Å². The van der Waals surface area contributed by atoms with Crippen LogP contribution in [0.2, 0.25) is 0 Å². The van der Waals surface area contributed by atoms with Crippen LogP contribution in [0.3, 0.4) is 0 Å². The highest BCUT2D eigenvalue weighted by atomic mass is 32.1.